The standard InChI is InChI=1S/C17H17ClN2O2/c1-20-15-7-5-4-6-14(15)17(21-2,22-3)19-16(20)12-8-10-13(18)11-9-12/h4-11H,1-3H3. The van der Waals surface area contributed by atoms with Gasteiger partial charge in [0.2, 0.25) is 0 Å². The SMILES string of the molecule is COC1(OC)N=C(c2ccc(Cl)cc2)N(C)c2ccccc21. The molecule has 4 nitrogen and oxygen atoms in total. The molecule has 0 unspecified atom stereocenters. The van der Waals surface area contributed by atoms with Crippen LogP contribution in [0.15, 0.2) is 53.5 Å². The van der Waals surface area contributed by atoms with E-state index < -0.39 is 5.91 Å². The number of para-hydroxylation sites is 1. The van der Waals surface area contributed by atoms with Gasteiger partial charge in [-0.1, -0.05) is 23.7 Å². The summed E-state index contributed by atoms with van der Waals surface area (Å²) in [6.45, 7) is 0. The molecule has 0 saturated heterocycles. The van der Waals surface area contributed by atoms with E-state index >= 15 is 0 Å². The highest BCUT2D eigenvalue weighted by molar-refractivity contribution is 6.30. The Bertz CT molecular complexity index is 709. The van der Waals surface area contributed by atoms with Crippen LogP contribution in [0.4, 0.5) is 5.69 Å². The van der Waals surface area contributed by atoms with Crippen LogP contribution in [0.25, 0.3) is 0 Å². The number of hydrogen-bond donors (Lipinski definition) is 0. The van der Waals surface area contributed by atoms with Crippen LogP contribution in [-0.2, 0) is 15.4 Å². The second-order valence-corrected chi connectivity index (χ2v) is 5.44. The molecule has 2 aromatic rings. The zero-order chi connectivity index (χ0) is 15.7. The molecule has 1 heterocycles. The van der Waals surface area contributed by atoms with Crippen LogP contribution in [0.5, 0.6) is 0 Å². The van der Waals surface area contributed by atoms with Gasteiger partial charge in [-0.05, 0) is 36.4 Å². The number of aliphatic imine (C=N–C) groups is 1. The van der Waals surface area contributed by atoms with Crippen molar-refractivity contribution in [3.8, 4) is 0 Å². The van der Waals surface area contributed by atoms with Gasteiger partial charge < -0.3 is 14.4 Å². The Balaban J connectivity index is 2.19. The van der Waals surface area contributed by atoms with Gasteiger partial charge in [-0.2, -0.15) is 0 Å². The predicted molar refractivity (Wildman–Crippen MR) is 88.5 cm³/mol. The quantitative estimate of drug-likeness (QED) is 0.811. The molecule has 0 aromatic heterocycles. The molecule has 0 radical (unpaired) electrons. The van der Waals surface area contributed by atoms with Gasteiger partial charge in [-0.25, -0.2) is 4.99 Å². The van der Waals surface area contributed by atoms with E-state index in [1.165, 1.54) is 0 Å². The number of ether oxygens (including phenoxy) is 2. The Hall–Kier alpha value is -1.88. The van der Waals surface area contributed by atoms with Gasteiger partial charge in [0.1, 0.15) is 5.84 Å². The fourth-order valence-electron chi connectivity index (χ4n) is 2.67. The molecule has 0 spiro atoms. The predicted octanol–water partition coefficient (Wildman–Crippen LogP) is 3.64. The molecule has 0 amide bonds. The molecule has 1 aliphatic rings. The number of benzene rings is 2. The Morgan fingerprint density at radius 2 is 1.64 bits per heavy atom. The molecule has 0 N–H and O–H groups in total. The molecule has 0 fully saturated rings. The lowest BCUT2D eigenvalue weighted by molar-refractivity contribution is -0.209. The molecule has 1 aliphatic heterocycles. The smallest absolute Gasteiger partial charge is 0.301 e. The first-order chi connectivity index (χ1) is 10.6. The van der Waals surface area contributed by atoms with Gasteiger partial charge in [0.05, 0.1) is 11.3 Å². The first-order valence-electron chi connectivity index (χ1n) is 6.90. The maximum absolute atomic E-state index is 5.98. The van der Waals surface area contributed by atoms with Crippen molar-refractivity contribution in [3.63, 3.8) is 0 Å². The lowest BCUT2D eigenvalue weighted by Crippen LogP contribution is -2.41. The third kappa shape index (κ3) is 2.29. The van der Waals surface area contributed by atoms with E-state index in [1.54, 1.807) is 14.2 Å². The molecule has 0 saturated carbocycles. The molecule has 0 bridgehead atoms. The zero-order valence-electron chi connectivity index (χ0n) is 12.7. The van der Waals surface area contributed by atoms with Crippen LogP contribution >= 0.6 is 11.6 Å². The summed E-state index contributed by atoms with van der Waals surface area (Å²) in [6, 6.07) is 15.5. The summed E-state index contributed by atoms with van der Waals surface area (Å²) in [5, 5.41) is 0.688. The number of amidine groups is 1. The number of rotatable bonds is 3. The Labute approximate surface area is 134 Å². The van der Waals surface area contributed by atoms with Crippen molar-refractivity contribution in [1.82, 2.24) is 0 Å². The minimum absolute atomic E-state index is 0.688. The van der Waals surface area contributed by atoms with Crippen molar-refractivity contribution in [3.05, 3.63) is 64.7 Å². The summed E-state index contributed by atoms with van der Waals surface area (Å²) in [6.07, 6.45) is 0. The molecule has 3 rings (SSSR count). The van der Waals surface area contributed by atoms with E-state index in [4.69, 9.17) is 26.1 Å². The van der Waals surface area contributed by atoms with Gasteiger partial charge in [0.15, 0.2) is 0 Å². The molecule has 5 heteroatoms. The van der Waals surface area contributed by atoms with Crippen LogP contribution in [0.2, 0.25) is 5.02 Å². The van der Waals surface area contributed by atoms with Crippen molar-refractivity contribution in [2.75, 3.05) is 26.2 Å². The summed E-state index contributed by atoms with van der Waals surface area (Å²) in [5.74, 6) is -0.378. The average Bonchev–Trinajstić information content (AvgIpc) is 2.57. The number of anilines is 1. The highest BCUT2D eigenvalue weighted by Crippen LogP contribution is 2.39. The van der Waals surface area contributed by atoms with E-state index in [1.807, 2.05) is 60.5 Å². The van der Waals surface area contributed by atoms with Crippen LogP contribution in [0.1, 0.15) is 11.1 Å². The van der Waals surface area contributed by atoms with Crippen molar-refractivity contribution in [2.24, 2.45) is 4.99 Å². The molecule has 114 valence electrons. The minimum Gasteiger partial charge on any atom is -0.331 e. The summed E-state index contributed by atoms with van der Waals surface area (Å²) >= 11 is 5.98. The Kier molecular flexibility index (Phi) is 3.91. The third-order valence-corrected chi connectivity index (χ3v) is 4.08. The first-order valence-corrected chi connectivity index (χ1v) is 7.28. The monoisotopic (exact) mass is 316 g/mol. The summed E-state index contributed by atoms with van der Waals surface area (Å²) < 4.78 is 11.2. The molecular formula is C17H17ClN2O2. The van der Waals surface area contributed by atoms with E-state index in [0.717, 1.165) is 22.6 Å². The van der Waals surface area contributed by atoms with Gasteiger partial charge >= 0.3 is 5.91 Å². The lowest BCUT2D eigenvalue weighted by atomic mass is 10.0. The fourth-order valence-corrected chi connectivity index (χ4v) is 2.80. The second-order valence-electron chi connectivity index (χ2n) is 5.01. The highest BCUT2D eigenvalue weighted by atomic mass is 35.5. The van der Waals surface area contributed by atoms with E-state index in [9.17, 15) is 0 Å². The maximum Gasteiger partial charge on any atom is 0.301 e. The number of nitrogens with zero attached hydrogens (tertiary/aromatic N) is 2. The minimum atomic E-state index is -1.14. The summed E-state index contributed by atoms with van der Waals surface area (Å²) in [7, 11) is 5.16. The van der Waals surface area contributed by atoms with Gasteiger partial charge in [0, 0.05) is 31.9 Å². The van der Waals surface area contributed by atoms with Crippen molar-refractivity contribution >= 4 is 23.1 Å². The third-order valence-electron chi connectivity index (χ3n) is 3.83. The van der Waals surface area contributed by atoms with Gasteiger partial charge in [0.25, 0.3) is 0 Å². The molecular weight excluding hydrogens is 300 g/mol. The van der Waals surface area contributed by atoms with Crippen LogP contribution in [0.3, 0.4) is 0 Å². The molecule has 22 heavy (non-hydrogen) atoms. The van der Waals surface area contributed by atoms with E-state index in [0.29, 0.717) is 5.02 Å². The largest absolute Gasteiger partial charge is 0.331 e. The number of fused-ring (bicyclic) bond motifs is 1. The van der Waals surface area contributed by atoms with Crippen molar-refractivity contribution in [1.29, 1.82) is 0 Å². The van der Waals surface area contributed by atoms with E-state index in [-0.39, 0.29) is 0 Å². The Morgan fingerprint density at radius 1 is 1.00 bits per heavy atom. The number of methoxy groups -OCH3 is 2. The molecule has 2 aromatic carbocycles. The first kappa shape index (κ1) is 15.0. The van der Waals surface area contributed by atoms with Crippen LogP contribution in [-0.4, -0.2) is 27.1 Å². The fraction of sp³-hybridized carbons (Fsp3) is 0.235. The van der Waals surface area contributed by atoms with E-state index in [2.05, 4.69) is 0 Å². The van der Waals surface area contributed by atoms with Crippen LogP contribution < -0.4 is 4.90 Å². The molecule has 0 atom stereocenters. The molecule has 0 aliphatic carbocycles. The highest BCUT2D eigenvalue weighted by Gasteiger charge is 2.40. The number of hydrogen-bond acceptors (Lipinski definition) is 4. The lowest BCUT2D eigenvalue weighted by Gasteiger charge is -2.38. The van der Waals surface area contributed by atoms with Crippen LogP contribution in [0, 0.1) is 0 Å². The Morgan fingerprint density at radius 3 is 2.27 bits per heavy atom. The summed E-state index contributed by atoms with van der Waals surface area (Å²) in [4.78, 5) is 6.75. The van der Waals surface area contributed by atoms with Gasteiger partial charge in [-0.15, -0.1) is 0 Å². The topological polar surface area (TPSA) is 34.1 Å². The average molecular weight is 317 g/mol. The van der Waals surface area contributed by atoms with Crippen molar-refractivity contribution in [2.45, 2.75) is 5.91 Å². The summed E-state index contributed by atoms with van der Waals surface area (Å²) in [5.41, 5.74) is 2.81. The normalized spacial score (nSPS) is 16.2. The maximum atomic E-state index is 5.98. The van der Waals surface area contributed by atoms with Crippen molar-refractivity contribution < 1.29 is 9.47 Å². The number of halogens is 1. The zero-order valence-corrected chi connectivity index (χ0v) is 13.5. The van der Waals surface area contributed by atoms with Gasteiger partial charge in [-0.3, -0.25) is 0 Å². The second kappa shape index (κ2) is 5.72.